The molecule has 26 heavy (non-hydrogen) atoms. The highest BCUT2D eigenvalue weighted by Crippen LogP contribution is 2.33. The maximum absolute atomic E-state index is 4.53. The average Bonchev–Trinajstić information content (AvgIpc) is 3.12. The van der Waals surface area contributed by atoms with E-state index in [0.717, 1.165) is 30.7 Å². The lowest BCUT2D eigenvalue weighted by atomic mass is 9.85. The van der Waals surface area contributed by atoms with Gasteiger partial charge in [0.1, 0.15) is 6.33 Å². The summed E-state index contributed by atoms with van der Waals surface area (Å²) >= 11 is 0. The second kappa shape index (κ2) is 8.70. The quantitative estimate of drug-likeness (QED) is 0.602. The van der Waals surface area contributed by atoms with Crippen molar-refractivity contribution in [3.63, 3.8) is 0 Å². The first kappa shape index (κ1) is 18.2. The van der Waals surface area contributed by atoms with E-state index < -0.39 is 0 Å². The summed E-state index contributed by atoms with van der Waals surface area (Å²) in [6.45, 7) is 4.53. The summed E-state index contributed by atoms with van der Waals surface area (Å²) in [5, 5.41) is 4.30. The van der Waals surface area contributed by atoms with E-state index in [2.05, 4.69) is 52.2 Å². The van der Waals surface area contributed by atoms with Crippen LogP contribution in [0.4, 0.5) is 0 Å². The lowest BCUT2D eigenvalue weighted by Gasteiger charge is -2.22. The molecule has 5 heteroatoms. The number of aryl methyl sites for hydroxylation is 1. The Morgan fingerprint density at radius 2 is 1.85 bits per heavy atom. The highest BCUT2D eigenvalue weighted by Gasteiger charge is 2.20. The van der Waals surface area contributed by atoms with Crippen LogP contribution in [0.2, 0.25) is 0 Å². The van der Waals surface area contributed by atoms with Crippen molar-refractivity contribution in [3.8, 4) is 0 Å². The normalized spacial score (nSPS) is 14.7. The zero-order valence-corrected chi connectivity index (χ0v) is 15.8. The van der Waals surface area contributed by atoms with Gasteiger partial charge in [0.25, 0.3) is 0 Å². The van der Waals surface area contributed by atoms with Gasteiger partial charge in [0, 0.05) is 42.9 Å². The fourth-order valence-corrected chi connectivity index (χ4v) is 3.46. The Balaban J connectivity index is 1.69. The summed E-state index contributed by atoms with van der Waals surface area (Å²) in [7, 11) is 1.97. The maximum atomic E-state index is 4.53. The maximum Gasteiger partial charge on any atom is 0.115 e. The third kappa shape index (κ3) is 4.75. The third-order valence-corrected chi connectivity index (χ3v) is 5.10. The molecule has 3 unspecified atom stereocenters. The molecule has 3 heterocycles. The predicted molar refractivity (Wildman–Crippen MR) is 103 cm³/mol. The first-order valence-corrected chi connectivity index (χ1v) is 9.29. The van der Waals surface area contributed by atoms with Crippen LogP contribution in [0.1, 0.15) is 67.8 Å². The van der Waals surface area contributed by atoms with Gasteiger partial charge in [0.15, 0.2) is 0 Å². The monoisotopic (exact) mass is 349 g/mol. The first-order chi connectivity index (χ1) is 12.6. The van der Waals surface area contributed by atoms with Crippen LogP contribution in [0.5, 0.6) is 0 Å². The zero-order valence-electron chi connectivity index (χ0n) is 15.8. The van der Waals surface area contributed by atoms with E-state index in [0.29, 0.717) is 17.8 Å². The molecule has 0 saturated heterocycles. The molecule has 0 radical (unpaired) electrons. The molecule has 5 nitrogen and oxygen atoms in total. The second-order valence-corrected chi connectivity index (χ2v) is 7.15. The van der Waals surface area contributed by atoms with E-state index in [1.54, 1.807) is 6.33 Å². The molecule has 3 rings (SSSR count). The van der Waals surface area contributed by atoms with Crippen LogP contribution in [-0.2, 0) is 7.05 Å². The number of hydrogen-bond donors (Lipinski definition) is 0. The highest BCUT2D eigenvalue weighted by molar-refractivity contribution is 5.14. The Morgan fingerprint density at radius 3 is 2.50 bits per heavy atom. The van der Waals surface area contributed by atoms with Gasteiger partial charge in [0.2, 0.25) is 0 Å². The van der Waals surface area contributed by atoms with E-state index in [-0.39, 0.29) is 0 Å². The predicted octanol–water partition coefficient (Wildman–Crippen LogP) is 4.47. The molecule has 0 N–H and O–H groups in total. The molecule has 0 aliphatic rings. The standard InChI is InChI=1S/C21H27N5/c1-16(19-13-25-26(3)14-19)7-8-18(21-9-11-22-15-24-21)12-17(2)20-6-4-5-10-23-20/h4-6,9-11,13-18H,7-8,12H2,1-3H3. The van der Waals surface area contributed by atoms with E-state index in [1.807, 2.05) is 42.5 Å². The molecule has 0 aliphatic carbocycles. The van der Waals surface area contributed by atoms with Crippen LogP contribution in [0.3, 0.4) is 0 Å². The Hall–Kier alpha value is -2.56. The van der Waals surface area contributed by atoms with Crippen LogP contribution in [0.25, 0.3) is 0 Å². The van der Waals surface area contributed by atoms with Gasteiger partial charge in [-0.25, -0.2) is 9.97 Å². The van der Waals surface area contributed by atoms with Gasteiger partial charge < -0.3 is 0 Å². The molecule has 0 aliphatic heterocycles. The van der Waals surface area contributed by atoms with Crippen molar-refractivity contribution in [1.29, 1.82) is 0 Å². The summed E-state index contributed by atoms with van der Waals surface area (Å²) < 4.78 is 1.87. The fourth-order valence-electron chi connectivity index (χ4n) is 3.46. The molecule has 0 fully saturated rings. The average molecular weight is 349 g/mol. The van der Waals surface area contributed by atoms with Gasteiger partial charge in [-0.1, -0.05) is 19.9 Å². The van der Waals surface area contributed by atoms with E-state index in [9.17, 15) is 0 Å². The summed E-state index contributed by atoms with van der Waals surface area (Å²) in [5.74, 6) is 1.28. The number of pyridine rings is 1. The number of hydrogen-bond acceptors (Lipinski definition) is 4. The van der Waals surface area contributed by atoms with Crippen LogP contribution < -0.4 is 0 Å². The van der Waals surface area contributed by atoms with Gasteiger partial charge in [0.05, 0.1) is 6.20 Å². The molecule has 136 valence electrons. The molecule has 3 aromatic heterocycles. The zero-order chi connectivity index (χ0) is 18.4. The van der Waals surface area contributed by atoms with Crippen molar-refractivity contribution in [2.24, 2.45) is 7.05 Å². The van der Waals surface area contributed by atoms with Gasteiger partial charge in [-0.05, 0) is 54.9 Å². The Kier molecular flexibility index (Phi) is 6.10. The smallest absolute Gasteiger partial charge is 0.115 e. The molecule has 0 saturated carbocycles. The minimum atomic E-state index is 0.393. The molecular formula is C21H27N5. The van der Waals surface area contributed by atoms with Crippen LogP contribution in [0, 0.1) is 0 Å². The molecule has 0 amide bonds. The topological polar surface area (TPSA) is 56.5 Å². The SMILES string of the molecule is CC(CCC(CC(C)c1ccccn1)c1ccncn1)c1cnn(C)c1. The van der Waals surface area contributed by atoms with Crippen molar-refractivity contribution in [2.75, 3.05) is 0 Å². The number of aromatic nitrogens is 5. The Morgan fingerprint density at radius 1 is 0.962 bits per heavy atom. The lowest BCUT2D eigenvalue weighted by molar-refractivity contribution is 0.475. The van der Waals surface area contributed by atoms with Gasteiger partial charge in [-0.15, -0.1) is 0 Å². The van der Waals surface area contributed by atoms with Gasteiger partial charge in [-0.2, -0.15) is 5.10 Å². The van der Waals surface area contributed by atoms with Crippen molar-refractivity contribution >= 4 is 0 Å². The molecular weight excluding hydrogens is 322 g/mol. The van der Waals surface area contributed by atoms with Crippen molar-refractivity contribution < 1.29 is 0 Å². The van der Waals surface area contributed by atoms with E-state index in [1.165, 1.54) is 5.56 Å². The number of rotatable bonds is 8. The van der Waals surface area contributed by atoms with Crippen LogP contribution in [-0.4, -0.2) is 24.7 Å². The molecule has 3 atom stereocenters. The molecule has 0 bridgehead atoms. The van der Waals surface area contributed by atoms with E-state index >= 15 is 0 Å². The molecule has 0 spiro atoms. The Bertz CT molecular complexity index is 784. The van der Waals surface area contributed by atoms with Crippen LogP contribution in [0.15, 0.2) is 55.4 Å². The third-order valence-electron chi connectivity index (χ3n) is 5.10. The molecule has 0 aromatic carbocycles. The summed E-state index contributed by atoms with van der Waals surface area (Å²) in [6.07, 6.45) is 12.7. The van der Waals surface area contributed by atoms with Gasteiger partial charge in [-0.3, -0.25) is 9.67 Å². The van der Waals surface area contributed by atoms with Crippen molar-refractivity contribution in [1.82, 2.24) is 24.7 Å². The molecule has 3 aromatic rings. The summed E-state index contributed by atoms with van der Waals surface area (Å²) in [5.41, 5.74) is 3.57. The first-order valence-electron chi connectivity index (χ1n) is 9.29. The Labute approximate surface area is 155 Å². The number of nitrogens with zero attached hydrogens (tertiary/aromatic N) is 5. The van der Waals surface area contributed by atoms with Gasteiger partial charge >= 0.3 is 0 Å². The summed E-state index contributed by atoms with van der Waals surface area (Å²) in [4.78, 5) is 13.1. The summed E-state index contributed by atoms with van der Waals surface area (Å²) in [6, 6.07) is 8.18. The van der Waals surface area contributed by atoms with E-state index in [4.69, 9.17) is 0 Å². The van der Waals surface area contributed by atoms with Crippen LogP contribution >= 0.6 is 0 Å². The van der Waals surface area contributed by atoms with Crippen molar-refractivity contribution in [3.05, 3.63) is 72.3 Å². The lowest BCUT2D eigenvalue weighted by Crippen LogP contribution is -2.09. The largest absolute Gasteiger partial charge is 0.276 e. The second-order valence-electron chi connectivity index (χ2n) is 7.15. The minimum absolute atomic E-state index is 0.393. The minimum Gasteiger partial charge on any atom is -0.276 e. The van der Waals surface area contributed by atoms with Crippen molar-refractivity contribution in [2.45, 2.75) is 50.9 Å². The highest BCUT2D eigenvalue weighted by atomic mass is 15.2. The fraction of sp³-hybridized carbons (Fsp3) is 0.429.